The summed E-state index contributed by atoms with van der Waals surface area (Å²) in [5, 5.41) is 14.8. The Labute approximate surface area is 216 Å². The lowest BCUT2D eigenvalue weighted by Crippen LogP contribution is -2.41. The Morgan fingerprint density at radius 1 is 0.973 bits per heavy atom. The van der Waals surface area contributed by atoms with E-state index in [9.17, 15) is 9.90 Å². The van der Waals surface area contributed by atoms with Gasteiger partial charge in [-0.25, -0.2) is 0 Å². The van der Waals surface area contributed by atoms with Gasteiger partial charge in [0.15, 0.2) is 5.69 Å². The van der Waals surface area contributed by atoms with E-state index in [2.05, 4.69) is 49.9 Å². The average Bonchev–Trinajstić information content (AvgIpc) is 3.30. The number of aliphatic hydroxyl groups is 1. The van der Waals surface area contributed by atoms with Crippen molar-refractivity contribution in [1.29, 1.82) is 0 Å². The number of para-hydroxylation sites is 1. The molecule has 8 nitrogen and oxygen atoms in total. The fourth-order valence-electron chi connectivity index (χ4n) is 5.56. The molecule has 2 aromatic heterocycles. The molecule has 4 aromatic rings. The number of nitrogens with zero attached hydrogens (tertiary/aromatic N) is 6. The summed E-state index contributed by atoms with van der Waals surface area (Å²) < 4.78 is 2.06. The monoisotopic (exact) mass is 496 g/mol. The minimum atomic E-state index is -0.319. The first-order valence-corrected chi connectivity index (χ1v) is 13.2. The minimum absolute atomic E-state index is 0.0144. The van der Waals surface area contributed by atoms with E-state index in [4.69, 9.17) is 5.10 Å². The predicted molar refractivity (Wildman–Crippen MR) is 141 cm³/mol. The number of fused-ring (bicyclic) bond motifs is 2. The largest absolute Gasteiger partial charge is 0.393 e. The van der Waals surface area contributed by atoms with E-state index in [1.165, 1.54) is 11.3 Å². The van der Waals surface area contributed by atoms with E-state index in [0.717, 1.165) is 54.6 Å². The molecular weight excluding hydrogens is 464 g/mol. The lowest BCUT2D eigenvalue weighted by molar-refractivity contribution is 0.0538. The maximum Gasteiger partial charge on any atom is 0.274 e. The van der Waals surface area contributed by atoms with Crippen LogP contribution in [0.2, 0.25) is 0 Å². The fourth-order valence-corrected chi connectivity index (χ4v) is 5.56. The van der Waals surface area contributed by atoms with Gasteiger partial charge >= 0.3 is 0 Å². The molecule has 37 heavy (non-hydrogen) atoms. The number of benzene rings is 2. The summed E-state index contributed by atoms with van der Waals surface area (Å²) in [6.07, 6.45) is 6.11. The van der Waals surface area contributed by atoms with E-state index in [1.807, 2.05) is 23.1 Å². The van der Waals surface area contributed by atoms with Gasteiger partial charge in [-0.2, -0.15) is 5.10 Å². The van der Waals surface area contributed by atoms with Gasteiger partial charge in [-0.05, 0) is 36.5 Å². The Balaban J connectivity index is 1.28. The van der Waals surface area contributed by atoms with Crippen molar-refractivity contribution in [3.63, 3.8) is 0 Å². The van der Waals surface area contributed by atoms with Crippen molar-refractivity contribution in [2.45, 2.75) is 51.4 Å². The molecule has 0 unspecified atom stereocenters. The summed E-state index contributed by atoms with van der Waals surface area (Å²) in [5.74, 6) is -0.0144. The van der Waals surface area contributed by atoms with Gasteiger partial charge in [-0.15, -0.1) is 0 Å². The number of rotatable bonds is 6. The van der Waals surface area contributed by atoms with E-state index in [-0.39, 0.29) is 12.0 Å². The molecule has 0 radical (unpaired) electrons. The van der Waals surface area contributed by atoms with Gasteiger partial charge in [0.05, 0.1) is 17.1 Å². The smallest absolute Gasteiger partial charge is 0.274 e. The number of piperidine rings is 1. The normalized spacial score (nSPS) is 16.7. The van der Waals surface area contributed by atoms with Gasteiger partial charge in [-0.1, -0.05) is 42.5 Å². The molecular formula is C29H32N6O2. The molecule has 0 saturated carbocycles. The van der Waals surface area contributed by atoms with E-state index < -0.39 is 0 Å². The van der Waals surface area contributed by atoms with E-state index in [1.54, 1.807) is 12.4 Å². The quantitative estimate of drug-likeness (QED) is 0.441. The highest BCUT2D eigenvalue weighted by atomic mass is 16.3. The van der Waals surface area contributed by atoms with Crippen LogP contribution in [-0.2, 0) is 32.5 Å². The number of aromatic nitrogens is 4. The summed E-state index contributed by atoms with van der Waals surface area (Å²) in [6, 6.07) is 16.5. The number of aliphatic hydroxyl groups excluding tert-OH is 1. The second kappa shape index (κ2) is 10.4. The third-order valence-electron chi connectivity index (χ3n) is 7.60. The standard InChI is InChI=1S/C29H32N6O2/c36-23-10-16-34(17-11-23)29(37)28-24-20-33(19-22-7-4-8-25-27(22)31-14-13-30-25)15-12-26(24)35(32-28)18-9-21-5-2-1-3-6-21/h1-8,13-14,23,36H,9-12,15-20H2. The van der Waals surface area contributed by atoms with Crippen LogP contribution in [0.1, 0.15) is 45.7 Å². The van der Waals surface area contributed by atoms with Gasteiger partial charge in [0, 0.05) is 69.3 Å². The van der Waals surface area contributed by atoms with Crippen LogP contribution in [0.25, 0.3) is 11.0 Å². The molecule has 0 bridgehead atoms. The van der Waals surface area contributed by atoms with Crippen LogP contribution in [0, 0.1) is 0 Å². The van der Waals surface area contributed by atoms with E-state index in [0.29, 0.717) is 38.2 Å². The summed E-state index contributed by atoms with van der Waals surface area (Å²) in [4.78, 5) is 26.9. The first-order chi connectivity index (χ1) is 18.2. The van der Waals surface area contributed by atoms with Crippen molar-refractivity contribution in [1.82, 2.24) is 29.5 Å². The SMILES string of the molecule is O=C(c1nn(CCc2ccccc2)c2c1CN(Cc1cccc3nccnc13)CC2)N1CCC(O)CC1. The highest BCUT2D eigenvalue weighted by Gasteiger charge is 2.32. The Kier molecular flexibility index (Phi) is 6.68. The second-order valence-electron chi connectivity index (χ2n) is 10.1. The number of carbonyl (C=O) groups is 1. The topological polar surface area (TPSA) is 87.4 Å². The van der Waals surface area contributed by atoms with Crippen LogP contribution < -0.4 is 0 Å². The molecule has 6 rings (SSSR count). The maximum atomic E-state index is 13.6. The highest BCUT2D eigenvalue weighted by Crippen LogP contribution is 2.27. The summed E-state index contributed by atoms with van der Waals surface area (Å²) in [6.45, 7) is 4.21. The first-order valence-electron chi connectivity index (χ1n) is 13.2. The molecule has 0 atom stereocenters. The van der Waals surface area contributed by atoms with Crippen LogP contribution in [-0.4, -0.2) is 66.3 Å². The van der Waals surface area contributed by atoms with E-state index >= 15 is 0 Å². The lowest BCUT2D eigenvalue weighted by Gasteiger charge is -2.30. The highest BCUT2D eigenvalue weighted by molar-refractivity contribution is 5.94. The molecule has 1 N–H and O–H groups in total. The molecule has 4 heterocycles. The Morgan fingerprint density at radius 2 is 1.78 bits per heavy atom. The third kappa shape index (κ3) is 4.99. The zero-order chi connectivity index (χ0) is 25.2. The number of hydrogen-bond acceptors (Lipinski definition) is 6. The molecule has 2 aliphatic heterocycles. The van der Waals surface area contributed by atoms with Gasteiger partial charge in [0.2, 0.25) is 0 Å². The number of likely N-dealkylation sites (tertiary alicyclic amines) is 1. The van der Waals surface area contributed by atoms with Crippen LogP contribution in [0.4, 0.5) is 0 Å². The summed E-state index contributed by atoms with van der Waals surface area (Å²) in [7, 11) is 0. The molecule has 0 spiro atoms. The number of hydrogen-bond donors (Lipinski definition) is 1. The van der Waals surface area contributed by atoms with Crippen LogP contribution in [0.15, 0.2) is 60.9 Å². The molecule has 2 aliphatic rings. The van der Waals surface area contributed by atoms with Crippen molar-refractivity contribution in [3.05, 3.63) is 89.0 Å². The minimum Gasteiger partial charge on any atom is -0.393 e. The number of aryl methyl sites for hydroxylation is 2. The van der Waals surface area contributed by atoms with Crippen LogP contribution in [0.5, 0.6) is 0 Å². The lowest BCUT2D eigenvalue weighted by atomic mass is 10.0. The molecule has 0 aliphatic carbocycles. The molecule has 1 amide bonds. The van der Waals surface area contributed by atoms with Gasteiger partial charge in [0.1, 0.15) is 0 Å². The zero-order valence-electron chi connectivity index (χ0n) is 21.0. The first kappa shape index (κ1) is 23.8. The average molecular weight is 497 g/mol. The van der Waals surface area contributed by atoms with Crippen LogP contribution in [0.3, 0.4) is 0 Å². The molecule has 2 aromatic carbocycles. The van der Waals surface area contributed by atoms with Crippen molar-refractivity contribution >= 4 is 16.9 Å². The Bertz CT molecular complexity index is 1390. The zero-order valence-corrected chi connectivity index (χ0v) is 21.0. The molecule has 190 valence electrons. The van der Waals surface area contributed by atoms with Gasteiger partial charge < -0.3 is 10.0 Å². The Morgan fingerprint density at radius 3 is 2.62 bits per heavy atom. The molecule has 1 fully saturated rings. The second-order valence-corrected chi connectivity index (χ2v) is 10.1. The molecule has 1 saturated heterocycles. The van der Waals surface area contributed by atoms with Crippen molar-refractivity contribution in [2.75, 3.05) is 19.6 Å². The fraction of sp³-hybridized carbons (Fsp3) is 0.379. The molecule has 8 heteroatoms. The number of amides is 1. The van der Waals surface area contributed by atoms with Gasteiger partial charge in [-0.3, -0.25) is 24.3 Å². The predicted octanol–water partition coefficient (Wildman–Crippen LogP) is 3.22. The summed E-state index contributed by atoms with van der Waals surface area (Å²) in [5.41, 5.74) is 7.02. The number of carbonyl (C=O) groups excluding carboxylic acids is 1. The van der Waals surface area contributed by atoms with Crippen molar-refractivity contribution in [2.24, 2.45) is 0 Å². The van der Waals surface area contributed by atoms with Crippen LogP contribution >= 0.6 is 0 Å². The summed E-state index contributed by atoms with van der Waals surface area (Å²) >= 11 is 0. The van der Waals surface area contributed by atoms with Gasteiger partial charge in [0.25, 0.3) is 5.91 Å². The third-order valence-corrected chi connectivity index (χ3v) is 7.60. The Hall–Kier alpha value is -3.62. The van der Waals surface area contributed by atoms with Crippen molar-refractivity contribution in [3.8, 4) is 0 Å². The maximum absolute atomic E-state index is 13.6. The van der Waals surface area contributed by atoms with Crippen molar-refractivity contribution < 1.29 is 9.90 Å².